The van der Waals surface area contributed by atoms with Crippen molar-refractivity contribution in [2.45, 2.75) is 70.4 Å². The Morgan fingerprint density at radius 1 is 1.20 bits per heavy atom. The van der Waals surface area contributed by atoms with Crippen LogP contribution in [0.2, 0.25) is 0 Å². The van der Waals surface area contributed by atoms with Crippen molar-refractivity contribution < 1.29 is 23.9 Å². The van der Waals surface area contributed by atoms with E-state index in [0.717, 1.165) is 38.2 Å². The molecule has 4 aliphatic carbocycles. The number of amides is 2. The quantitative estimate of drug-likeness (QED) is 0.313. The molecule has 0 aliphatic heterocycles. The molecule has 4 aliphatic rings. The van der Waals surface area contributed by atoms with Crippen LogP contribution in [0.3, 0.4) is 0 Å². The van der Waals surface area contributed by atoms with E-state index < -0.39 is 34.7 Å². The zero-order valence-corrected chi connectivity index (χ0v) is 20.7. The second-order valence-corrected chi connectivity index (χ2v) is 10.7. The number of nitrogens with one attached hydrogen (secondary N) is 2. The smallest absolute Gasteiger partial charge is 0.294 e. The molecule has 9 heteroatoms. The molecule has 1 aromatic heterocycles. The third-order valence-corrected chi connectivity index (χ3v) is 7.85. The van der Waals surface area contributed by atoms with Crippen LogP contribution in [0, 0.1) is 25.7 Å². The van der Waals surface area contributed by atoms with Crippen LogP contribution in [-0.2, 0) is 11.8 Å². The Labute approximate surface area is 204 Å². The molecule has 4 fully saturated rings. The van der Waals surface area contributed by atoms with E-state index >= 15 is 0 Å². The number of allylic oxidation sites excluding steroid dienone is 2. The van der Waals surface area contributed by atoms with Crippen molar-refractivity contribution in [3.63, 3.8) is 0 Å². The number of aromatic nitrogens is 1. The van der Waals surface area contributed by atoms with Gasteiger partial charge in [0.1, 0.15) is 0 Å². The molecule has 35 heavy (non-hydrogen) atoms. The highest BCUT2D eigenvalue weighted by Crippen LogP contribution is 2.57. The number of carbonyl (C=O) groups is 3. The third kappa shape index (κ3) is 4.61. The van der Waals surface area contributed by atoms with Crippen LogP contribution in [0.15, 0.2) is 29.5 Å². The Morgan fingerprint density at radius 3 is 2.40 bits per heavy atom. The van der Waals surface area contributed by atoms with Crippen LogP contribution in [0.25, 0.3) is 0 Å². The van der Waals surface area contributed by atoms with Gasteiger partial charge in [0.2, 0.25) is 5.97 Å². The summed E-state index contributed by atoms with van der Waals surface area (Å²) in [4.78, 5) is 42.9. The maximum absolute atomic E-state index is 13.3. The Bertz CT molecular complexity index is 1160. The first kappa shape index (κ1) is 25.0. The molecule has 188 valence electrons. The summed E-state index contributed by atoms with van der Waals surface area (Å²) in [5, 5.41) is 16.6. The highest BCUT2D eigenvalue weighted by atomic mass is 19.1. The summed E-state index contributed by atoms with van der Waals surface area (Å²) < 4.78 is 14.7. The number of aliphatic imine (C=N–C) groups is 1. The number of rotatable bonds is 7. The fourth-order valence-corrected chi connectivity index (χ4v) is 6.88. The molecule has 1 heterocycles. The third-order valence-electron chi connectivity index (χ3n) is 7.85. The largest absolute Gasteiger partial charge is 0.390 e. The SMILES string of the molecule is C=CC(F)=N/C=C(\C)NC(=O)c1c(C)c(C(=O)C(=O)NC23CC4CC(CC(O)(C4)C2)C3)n(C)c1C. The molecule has 0 aromatic carbocycles. The van der Waals surface area contributed by atoms with Gasteiger partial charge in [-0.1, -0.05) is 6.58 Å². The van der Waals surface area contributed by atoms with Gasteiger partial charge in [-0.2, -0.15) is 4.39 Å². The van der Waals surface area contributed by atoms with Crippen LogP contribution in [0.1, 0.15) is 77.6 Å². The molecule has 0 saturated heterocycles. The summed E-state index contributed by atoms with van der Waals surface area (Å²) in [5.74, 6) is -1.95. The number of aliphatic hydroxyl groups is 1. The van der Waals surface area contributed by atoms with Gasteiger partial charge in [0.15, 0.2) is 0 Å². The number of nitrogens with zero attached hydrogens (tertiary/aromatic N) is 2. The van der Waals surface area contributed by atoms with Gasteiger partial charge in [0, 0.05) is 30.2 Å². The van der Waals surface area contributed by atoms with E-state index in [2.05, 4.69) is 22.2 Å². The summed E-state index contributed by atoms with van der Waals surface area (Å²) in [5.41, 5.74) is 0.324. The normalized spacial score (nSPS) is 29.8. The molecular weight excluding hydrogens is 451 g/mol. The second kappa shape index (κ2) is 8.86. The Morgan fingerprint density at radius 2 is 1.83 bits per heavy atom. The zero-order chi connectivity index (χ0) is 25.7. The number of hydrogen-bond donors (Lipinski definition) is 3. The van der Waals surface area contributed by atoms with E-state index in [1.807, 2.05) is 0 Å². The molecule has 2 atom stereocenters. The average molecular weight is 485 g/mol. The Hall–Kier alpha value is -3.07. The Balaban J connectivity index is 1.54. The summed E-state index contributed by atoms with van der Waals surface area (Å²) in [6.45, 7) is 8.16. The maximum atomic E-state index is 13.3. The van der Waals surface area contributed by atoms with Gasteiger partial charge in [-0.15, -0.1) is 0 Å². The first-order valence-corrected chi connectivity index (χ1v) is 12.0. The van der Waals surface area contributed by atoms with E-state index in [1.54, 1.807) is 32.4 Å². The highest BCUT2D eigenvalue weighted by Gasteiger charge is 2.58. The summed E-state index contributed by atoms with van der Waals surface area (Å²) in [7, 11) is 1.64. The zero-order valence-electron chi connectivity index (χ0n) is 20.7. The highest BCUT2D eigenvalue weighted by molar-refractivity contribution is 6.43. The number of hydrogen-bond acceptors (Lipinski definition) is 5. The van der Waals surface area contributed by atoms with Crippen molar-refractivity contribution in [2.24, 2.45) is 23.9 Å². The lowest BCUT2D eigenvalue weighted by atomic mass is 9.51. The van der Waals surface area contributed by atoms with Crippen molar-refractivity contribution >= 4 is 23.6 Å². The first-order chi connectivity index (χ1) is 16.4. The fraction of sp³-hybridized carbons (Fsp3) is 0.538. The van der Waals surface area contributed by atoms with Crippen molar-refractivity contribution in [2.75, 3.05) is 0 Å². The van der Waals surface area contributed by atoms with Gasteiger partial charge >= 0.3 is 0 Å². The van der Waals surface area contributed by atoms with Gasteiger partial charge in [-0.3, -0.25) is 14.4 Å². The molecule has 8 nitrogen and oxygen atoms in total. The van der Waals surface area contributed by atoms with Gasteiger partial charge in [0.05, 0.1) is 16.9 Å². The number of carbonyl (C=O) groups excluding carboxylic acids is 3. The predicted molar refractivity (Wildman–Crippen MR) is 130 cm³/mol. The molecular formula is C26H33FN4O4. The number of ketones is 1. The second-order valence-electron chi connectivity index (χ2n) is 10.7. The topological polar surface area (TPSA) is 113 Å². The van der Waals surface area contributed by atoms with E-state index in [1.165, 1.54) is 6.20 Å². The van der Waals surface area contributed by atoms with Crippen molar-refractivity contribution in [1.82, 2.24) is 15.2 Å². The van der Waals surface area contributed by atoms with Crippen LogP contribution in [0.5, 0.6) is 0 Å². The van der Waals surface area contributed by atoms with Crippen LogP contribution in [-0.4, -0.2) is 44.4 Å². The van der Waals surface area contributed by atoms with E-state index in [4.69, 9.17) is 0 Å². The van der Waals surface area contributed by atoms with Crippen molar-refractivity contribution in [3.05, 3.63) is 47.1 Å². The standard InChI is InChI=1S/C26H33FN4O4/c1-6-19(27)28-12-14(2)29-23(33)20-15(3)21(31(5)16(20)4)22(32)24(34)30-25-8-17-7-18(9-25)11-26(35,10-17)13-25/h6,12,17-18,35H,1,7-11,13H2,2-5H3,(H,29,33)(H,30,34)/b14-12+,28-19?. The first-order valence-electron chi connectivity index (χ1n) is 12.0. The van der Waals surface area contributed by atoms with Crippen LogP contribution < -0.4 is 10.6 Å². The molecule has 0 radical (unpaired) electrons. The van der Waals surface area contributed by atoms with E-state index in [-0.39, 0.29) is 11.3 Å². The minimum Gasteiger partial charge on any atom is -0.390 e. The molecule has 2 unspecified atom stereocenters. The molecule has 4 bridgehead atoms. The molecule has 4 saturated carbocycles. The lowest BCUT2D eigenvalue weighted by Crippen LogP contribution is -2.66. The minimum absolute atomic E-state index is 0.144. The maximum Gasteiger partial charge on any atom is 0.294 e. The predicted octanol–water partition coefficient (Wildman–Crippen LogP) is 3.17. The summed E-state index contributed by atoms with van der Waals surface area (Å²) in [6.07, 6.45) is 6.76. The van der Waals surface area contributed by atoms with Crippen molar-refractivity contribution in [1.29, 1.82) is 0 Å². The fourth-order valence-electron chi connectivity index (χ4n) is 6.88. The van der Waals surface area contributed by atoms with Gasteiger partial charge in [-0.05, 0) is 82.8 Å². The summed E-state index contributed by atoms with van der Waals surface area (Å²) in [6, 6.07) is 0. The van der Waals surface area contributed by atoms with Crippen LogP contribution in [0.4, 0.5) is 4.39 Å². The summed E-state index contributed by atoms with van der Waals surface area (Å²) >= 11 is 0. The van der Waals surface area contributed by atoms with Gasteiger partial charge in [-0.25, -0.2) is 4.99 Å². The molecule has 2 amide bonds. The lowest BCUT2D eigenvalue weighted by molar-refractivity contribution is -0.149. The molecule has 0 spiro atoms. The molecule has 3 N–H and O–H groups in total. The van der Waals surface area contributed by atoms with Gasteiger partial charge < -0.3 is 20.3 Å². The van der Waals surface area contributed by atoms with Crippen molar-refractivity contribution in [3.8, 4) is 0 Å². The average Bonchev–Trinajstić information content (AvgIpc) is 2.97. The molecule has 5 rings (SSSR count). The van der Waals surface area contributed by atoms with E-state index in [0.29, 0.717) is 35.2 Å². The van der Waals surface area contributed by atoms with E-state index in [9.17, 15) is 23.9 Å². The number of Topliss-reactive ketones (excluding diaryl/α,β-unsaturated/α-hetero) is 1. The van der Waals surface area contributed by atoms with Gasteiger partial charge in [0.25, 0.3) is 17.6 Å². The Kier molecular flexibility index (Phi) is 6.34. The minimum atomic E-state index is -0.782. The monoisotopic (exact) mass is 484 g/mol. The van der Waals surface area contributed by atoms with Crippen LogP contribution >= 0.6 is 0 Å². The number of halogens is 1. The lowest BCUT2D eigenvalue weighted by Gasteiger charge is -2.60. The molecule has 1 aromatic rings.